The molecule has 84 valence electrons. The highest BCUT2D eigenvalue weighted by Gasteiger charge is 2.07. The Morgan fingerprint density at radius 3 is 2.88 bits per heavy atom. The van der Waals surface area contributed by atoms with Gasteiger partial charge in [0.25, 0.3) is 0 Å². The van der Waals surface area contributed by atoms with Gasteiger partial charge in [0, 0.05) is 11.8 Å². The summed E-state index contributed by atoms with van der Waals surface area (Å²) in [5, 5.41) is 3.66. The van der Waals surface area contributed by atoms with Crippen molar-refractivity contribution in [3.05, 3.63) is 41.5 Å². The van der Waals surface area contributed by atoms with Crippen molar-refractivity contribution in [3.8, 4) is 0 Å². The van der Waals surface area contributed by atoms with Crippen LogP contribution in [-0.4, -0.2) is 10.1 Å². The van der Waals surface area contributed by atoms with E-state index in [-0.39, 0.29) is 4.90 Å². The van der Waals surface area contributed by atoms with Crippen LogP contribution in [0, 0.1) is 18.6 Å². The van der Waals surface area contributed by atoms with E-state index in [1.54, 1.807) is 6.92 Å². The zero-order valence-electron chi connectivity index (χ0n) is 8.41. The van der Waals surface area contributed by atoms with Gasteiger partial charge in [-0.05, 0) is 18.2 Å². The molecule has 0 atom stereocenters. The summed E-state index contributed by atoms with van der Waals surface area (Å²) in [7, 11) is 0. The molecule has 0 amide bonds. The van der Waals surface area contributed by atoms with Crippen LogP contribution in [0.1, 0.15) is 11.7 Å². The number of rotatable bonds is 3. The van der Waals surface area contributed by atoms with Crippen molar-refractivity contribution in [2.75, 3.05) is 0 Å². The first-order valence-corrected chi connectivity index (χ1v) is 5.51. The van der Waals surface area contributed by atoms with E-state index in [2.05, 4.69) is 10.1 Å². The Morgan fingerprint density at radius 1 is 1.38 bits per heavy atom. The summed E-state index contributed by atoms with van der Waals surface area (Å²) >= 11 is 1.13. The van der Waals surface area contributed by atoms with Crippen molar-refractivity contribution in [1.82, 2.24) is 10.1 Å². The largest absolute Gasteiger partial charge is 0.340 e. The topological polar surface area (TPSA) is 38.9 Å². The SMILES string of the molecule is Cc1nc(CSc2cc(F)ccc2F)no1. The average molecular weight is 242 g/mol. The molecule has 3 nitrogen and oxygen atoms in total. The molecule has 0 saturated heterocycles. The number of thioether (sulfide) groups is 1. The van der Waals surface area contributed by atoms with Gasteiger partial charge in [-0.25, -0.2) is 8.78 Å². The molecule has 0 fully saturated rings. The molecule has 0 bridgehead atoms. The van der Waals surface area contributed by atoms with Crippen molar-refractivity contribution in [1.29, 1.82) is 0 Å². The van der Waals surface area contributed by atoms with Gasteiger partial charge in [-0.2, -0.15) is 4.98 Å². The quantitative estimate of drug-likeness (QED) is 0.776. The maximum atomic E-state index is 13.2. The standard InChI is InChI=1S/C10H8F2N2OS/c1-6-13-10(14-15-6)5-16-9-4-7(11)2-3-8(9)12/h2-4H,5H2,1H3. The smallest absolute Gasteiger partial charge is 0.223 e. The van der Waals surface area contributed by atoms with E-state index in [1.165, 1.54) is 0 Å². The van der Waals surface area contributed by atoms with Crippen molar-refractivity contribution in [2.24, 2.45) is 0 Å². The molecular formula is C10H8F2N2OS. The lowest BCUT2D eigenvalue weighted by molar-refractivity contribution is 0.389. The van der Waals surface area contributed by atoms with Gasteiger partial charge < -0.3 is 4.52 Å². The third-order valence-electron chi connectivity index (χ3n) is 1.82. The first kappa shape index (κ1) is 11.1. The summed E-state index contributed by atoms with van der Waals surface area (Å²) in [6, 6.07) is 3.32. The van der Waals surface area contributed by atoms with Crippen LogP contribution in [0.25, 0.3) is 0 Å². The number of hydrogen-bond acceptors (Lipinski definition) is 4. The first-order chi connectivity index (χ1) is 7.65. The molecule has 0 N–H and O–H groups in total. The zero-order valence-corrected chi connectivity index (χ0v) is 9.22. The normalized spacial score (nSPS) is 10.7. The maximum absolute atomic E-state index is 13.2. The summed E-state index contributed by atoms with van der Waals surface area (Å²) in [5.41, 5.74) is 0. The number of benzene rings is 1. The van der Waals surface area contributed by atoms with Crippen molar-refractivity contribution < 1.29 is 13.3 Å². The monoisotopic (exact) mass is 242 g/mol. The van der Waals surface area contributed by atoms with Crippen LogP contribution in [-0.2, 0) is 5.75 Å². The maximum Gasteiger partial charge on any atom is 0.223 e. The third-order valence-corrected chi connectivity index (χ3v) is 2.85. The highest BCUT2D eigenvalue weighted by molar-refractivity contribution is 7.98. The van der Waals surface area contributed by atoms with Gasteiger partial charge in [0.05, 0.1) is 5.75 Å². The molecule has 0 spiro atoms. The second-order valence-corrected chi connectivity index (χ2v) is 4.11. The third kappa shape index (κ3) is 2.57. The second-order valence-electron chi connectivity index (χ2n) is 3.09. The minimum atomic E-state index is -0.465. The van der Waals surface area contributed by atoms with Gasteiger partial charge in [-0.15, -0.1) is 11.8 Å². The molecule has 0 aliphatic rings. The van der Waals surface area contributed by atoms with Crippen LogP contribution in [0.5, 0.6) is 0 Å². The molecule has 2 rings (SSSR count). The molecule has 1 aromatic heterocycles. The fraction of sp³-hybridized carbons (Fsp3) is 0.200. The van der Waals surface area contributed by atoms with Crippen LogP contribution in [0.4, 0.5) is 8.78 Å². The zero-order chi connectivity index (χ0) is 11.5. The predicted molar refractivity (Wildman–Crippen MR) is 55.0 cm³/mol. The van der Waals surface area contributed by atoms with E-state index in [0.29, 0.717) is 17.5 Å². The number of aromatic nitrogens is 2. The van der Waals surface area contributed by atoms with E-state index in [4.69, 9.17) is 4.52 Å². The molecule has 1 heterocycles. The lowest BCUT2D eigenvalue weighted by Gasteiger charge is -2.00. The van der Waals surface area contributed by atoms with Gasteiger partial charge in [-0.3, -0.25) is 0 Å². The molecule has 0 saturated carbocycles. The van der Waals surface area contributed by atoms with E-state index in [1.807, 2.05) is 0 Å². The molecule has 1 aromatic carbocycles. The highest BCUT2D eigenvalue weighted by atomic mass is 32.2. The Labute approximate surface area is 94.9 Å². The molecule has 0 unspecified atom stereocenters. The number of halogens is 2. The molecule has 6 heteroatoms. The first-order valence-electron chi connectivity index (χ1n) is 4.52. The molecule has 2 aromatic rings. The number of aryl methyl sites for hydroxylation is 1. The van der Waals surface area contributed by atoms with Gasteiger partial charge >= 0.3 is 0 Å². The lowest BCUT2D eigenvalue weighted by Crippen LogP contribution is -1.87. The highest BCUT2D eigenvalue weighted by Crippen LogP contribution is 2.25. The van der Waals surface area contributed by atoms with E-state index in [0.717, 1.165) is 30.0 Å². The number of nitrogens with zero attached hydrogens (tertiary/aromatic N) is 2. The summed E-state index contributed by atoms with van der Waals surface area (Å²) < 4.78 is 30.8. The van der Waals surface area contributed by atoms with Crippen molar-refractivity contribution in [3.63, 3.8) is 0 Å². The van der Waals surface area contributed by atoms with Crippen LogP contribution in [0.15, 0.2) is 27.6 Å². The molecule has 0 aliphatic carbocycles. The van der Waals surface area contributed by atoms with E-state index >= 15 is 0 Å². The van der Waals surface area contributed by atoms with Crippen LogP contribution >= 0.6 is 11.8 Å². The van der Waals surface area contributed by atoms with E-state index in [9.17, 15) is 8.78 Å². The average Bonchev–Trinajstić information content (AvgIpc) is 2.66. The fourth-order valence-corrected chi connectivity index (χ4v) is 1.93. The second kappa shape index (κ2) is 4.61. The van der Waals surface area contributed by atoms with Gasteiger partial charge in [-0.1, -0.05) is 5.16 Å². The van der Waals surface area contributed by atoms with Gasteiger partial charge in [0.15, 0.2) is 5.82 Å². The molecular weight excluding hydrogens is 234 g/mol. The minimum absolute atomic E-state index is 0.238. The van der Waals surface area contributed by atoms with Crippen LogP contribution in [0.3, 0.4) is 0 Å². The summed E-state index contributed by atoms with van der Waals surface area (Å²) in [6.45, 7) is 1.67. The van der Waals surface area contributed by atoms with Crippen molar-refractivity contribution >= 4 is 11.8 Å². The summed E-state index contributed by atoms with van der Waals surface area (Å²) in [5.74, 6) is 0.346. The van der Waals surface area contributed by atoms with Gasteiger partial charge in [0.2, 0.25) is 5.89 Å². The Bertz CT molecular complexity index is 501. The number of hydrogen-bond donors (Lipinski definition) is 0. The van der Waals surface area contributed by atoms with Crippen LogP contribution in [0.2, 0.25) is 0 Å². The Hall–Kier alpha value is -1.43. The Kier molecular flexibility index (Phi) is 3.19. The van der Waals surface area contributed by atoms with Crippen molar-refractivity contribution in [2.45, 2.75) is 17.6 Å². The van der Waals surface area contributed by atoms with E-state index < -0.39 is 11.6 Å². The molecule has 16 heavy (non-hydrogen) atoms. The summed E-state index contributed by atoms with van der Waals surface area (Å²) in [4.78, 5) is 4.20. The molecule has 0 aliphatic heterocycles. The Balaban J connectivity index is 2.07. The minimum Gasteiger partial charge on any atom is -0.340 e. The van der Waals surface area contributed by atoms with Gasteiger partial charge in [0.1, 0.15) is 11.6 Å². The summed E-state index contributed by atoms with van der Waals surface area (Å²) in [6.07, 6.45) is 0. The fourth-order valence-electron chi connectivity index (χ4n) is 1.13. The molecule has 0 radical (unpaired) electrons. The van der Waals surface area contributed by atoms with Crippen LogP contribution < -0.4 is 0 Å². The Morgan fingerprint density at radius 2 is 2.19 bits per heavy atom. The predicted octanol–water partition coefficient (Wildman–Crippen LogP) is 2.95. The lowest BCUT2D eigenvalue weighted by atomic mass is 10.3.